The highest BCUT2D eigenvalue weighted by molar-refractivity contribution is 6.74. The number of carbonyl (C=O) groups excluding carboxylic acids is 1. The first kappa shape index (κ1) is 25.3. The molecule has 0 radical (unpaired) electrons. The highest BCUT2D eigenvalue weighted by Crippen LogP contribution is 2.48. The second kappa shape index (κ2) is 8.88. The van der Waals surface area contributed by atoms with Gasteiger partial charge >= 0.3 is 0 Å². The number of hydrogen-bond donors (Lipinski definition) is 1. The lowest BCUT2D eigenvalue weighted by Gasteiger charge is -2.49. The maximum atomic E-state index is 13.8. The quantitative estimate of drug-likeness (QED) is 0.403. The first-order chi connectivity index (χ1) is 13.6. The monoisotopic (exact) mass is 432 g/mol. The van der Waals surface area contributed by atoms with Crippen LogP contribution in [0.15, 0.2) is 35.5 Å². The van der Waals surface area contributed by atoms with Gasteiger partial charge in [0.25, 0.3) is 0 Å². The molecule has 1 saturated carbocycles. The van der Waals surface area contributed by atoms with Crippen molar-refractivity contribution in [2.75, 3.05) is 0 Å². The molecule has 1 unspecified atom stereocenters. The molecular formula is C26H44O3Si. The van der Waals surface area contributed by atoms with Crippen LogP contribution in [0.4, 0.5) is 0 Å². The van der Waals surface area contributed by atoms with E-state index in [1.54, 1.807) is 6.92 Å². The van der Waals surface area contributed by atoms with Crippen molar-refractivity contribution in [1.82, 2.24) is 0 Å². The normalized spacial score (nSPS) is 37.5. The third-order valence-corrected chi connectivity index (χ3v) is 12.4. The van der Waals surface area contributed by atoms with E-state index in [9.17, 15) is 9.90 Å². The van der Waals surface area contributed by atoms with Crippen molar-refractivity contribution in [3.05, 3.63) is 35.5 Å². The van der Waals surface area contributed by atoms with Gasteiger partial charge in [0.2, 0.25) is 0 Å². The van der Waals surface area contributed by atoms with E-state index in [1.807, 2.05) is 6.92 Å². The van der Waals surface area contributed by atoms with Crippen molar-refractivity contribution in [2.24, 2.45) is 17.8 Å². The molecule has 0 aromatic heterocycles. The zero-order valence-corrected chi connectivity index (χ0v) is 21.8. The van der Waals surface area contributed by atoms with Gasteiger partial charge < -0.3 is 9.53 Å². The second-order valence-electron chi connectivity index (χ2n) is 11.5. The predicted molar refractivity (Wildman–Crippen MR) is 129 cm³/mol. The van der Waals surface area contributed by atoms with Gasteiger partial charge in [-0.25, -0.2) is 0 Å². The van der Waals surface area contributed by atoms with Crippen molar-refractivity contribution in [3.8, 4) is 0 Å². The Labute approximate surface area is 185 Å². The SMILES string of the molecule is C=C(C)[C@H]1CC2C/C=C(\C)CC/C=C(\C)[C@H](O[Si](C)(C)C(C)(C)C)[C@H]1C(=O)[C@@]2(C)O. The molecule has 30 heavy (non-hydrogen) atoms. The molecule has 0 aliphatic heterocycles. The number of Topliss-reactive ketones (excluding diaryl/α,β-unsaturated/α-hetero) is 1. The van der Waals surface area contributed by atoms with Gasteiger partial charge in [0.05, 0.1) is 12.0 Å². The lowest BCUT2D eigenvalue weighted by atomic mass is 9.60. The third-order valence-electron chi connectivity index (χ3n) is 7.96. The fourth-order valence-electron chi connectivity index (χ4n) is 4.62. The summed E-state index contributed by atoms with van der Waals surface area (Å²) in [5.74, 6) is -0.525. The summed E-state index contributed by atoms with van der Waals surface area (Å²) >= 11 is 0. The third kappa shape index (κ3) is 5.08. The van der Waals surface area contributed by atoms with Crippen molar-refractivity contribution in [2.45, 2.75) is 104 Å². The fraction of sp³-hybridized carbons (Fsp3) is 0.731. The highest BCUT2D eigenvalue weighted by atomic mass is 28.4. The molecular weight excluding hydrogens is 388 g/mol. The summed E-state index contributed by atoms with van der Waals surface area (Å²) < 4.78 is 6.94. The average Bonchev–Trinajstić information content (AvgIpc) is 2.59. The summed E-state index contributed by atoms with van der Waals surface area (Å²) in [5, 5.41) is 11.4. The summed E-state index contributed by atoms with van der Waals surface area (Å²) in [5.41, 5.74) is 2.11. The van der Waals surface area contributed by atoms with Crippen LogP contribution in [0.1, 0.15) is 74.1 Å². The predicted octanol–water partition coefficient (Wildman–Crippen LogP) is 6.60. The zero-order valence-electron chi connectivity index (χ0n) is 20.8. The van der Waals surface area contributed by atoms with Crippen molar-refractivity contribution >= 4 is 14.1 Å². The summed E-state index contributed by atoms with van der Waals surface area (Å²) in [7, 11) is -2.13. The molecule has 2 bridgehead atoms. The molecule has 0 amide bonds. The molecule has 3 aliphatic carbocycles. The number of ketones is 1. The number of allylic oxidation sites excluding steroid dienone is 4. The van der Waals surface area contributed by atoms with Gasteiger partial charge in [-0.15, -0.1) is 0 Å². The fourth-order valence-corrected chi connectivity index (χ4v) is 5.94. The molecule has 4 heteroatoms. The Balaban J connectivity index is 2.65. The first-order valence-electron chi connectivity index (χ1n) is 11.5. The van der Waals surface area contributed by atoms with E-state index in [0.29, 0.717) is 0 Å². The molecule has 3 rings (SSSR count). The summed E-state index contributed by atoms with van der Waals surface area (Å²) in [4.78, 5) is 13.8. The molecule has 0 heterocycles. The molecule has 0 aromatic rings. The molecule has 170 valence electrons. The zero-order chi connectivity index (χ0) is 23.1. The van der Waals surface area contributed by atoms with Crippen molar-refractivity contribution in [1.29, 1.82) is 0 Å². The molecule has 1 fully saturated rings. The minimum atomic E-state index is -2.13. The topological polar surface area (TPSA) is 46.5 Å². The summed E-state index contributed by atoms with van der Waals surface area (Å²) in [6, 6.07) is 0. The van der Waals surface area contributed by atoms with Crippen LogP contribution in [-0.2, 0) is 9.22 Å². The van der Waals surface area contributed by atoms with Crippen molar-refractivity contribution < 1.29 is 14.3 Å². The standard InChI is InChI=1S/C26H44O3Si/c1-17(2)21-16-20-15-14-18(3)12-11-13-19(4)23(22(21)24(27)26(20,8)28)29-30(9,10)25(5,6)7/h13-14,20-23,28H,1,11-12,15-16H2,2-10H3/b18-14+,19-13+/t20?,21-,22+,23+,26+/m1/s1. The lowest BCUT2D eigenvalue weighted by molar-refractivity contribution is -0.158. The van der Waals surface area contributed by atoms with Crippen LogP contribution in [0.2, 0.25) is 18.1 Å². The summed E-state index contributed by atoms with van der Waals surface area (Å²) in [6.07, 6.45) is 7.62. The van der Waals surface area contributed by atoms with Gasteiger partial charge in [-0.05, 0) is 88.9 Å². The summed E-state index contributed by atoms with van der Waals surface area (Å²) in [6.45, 7) is 23.4. The van der Waals surface area contributed by atoms with Crippen LogP contribution in [0.5, 0.6) is 0 Å². The number of rotatable bonds is 3. The number of carbonyl (C=O) groups is 1. The minimum Gasteiger partial charge on any atom is -0.410 e. The Kier molecular flexibility index (Phi) is 7.48. The van der Waals surface area contributed by atoms with Crippen LogP contribution < -0.4 is 0 Å². The van der Waals surface area contributed by atoms with Gasteiger partial charge in [0.15, 0.2) is 14.1 Å². The minimum absolute atomic E-state index is 0.0222. The maximum Gasteiger partial charge on any atom is 0.192 e. The first-order valence-corrected chi connectivity index (χ1v) is 14.4. The van der Waals surface area contributed by atoms with Crippen LogP contribution in [0.3, 0.4) is 0 Å². The van der Waals surface area contributed by atoms with E-state index < -0.39 is 13.9 Å². The maximum absolute atomic E-state index is 13.8. The Hall–Kier alpha value is -0.973. The Morgan fingerprint density at radius 3 is 2.40 bits per heavy atom. The molecule has 0 aromatic carbocycles. The number of fused-ring (bicyclic) bond motifs is 7. The van der Waals surface area contributed by atoms with Crippen LogP contribution in [0.25, 0.3) is 0 Å². The average molecular weight is 433 g/mol. The largest absolute Gasteiger partial charge is 0.410 e. The van der Waals surface area contributed by atoms with Crippen LogP contribution in [-0.4, -0.2) is 30.9 Å². The van der Waals surface area contributed by atoms with E-state index in [1.165, 1.54) is 5.57 Å². The van der Waals surface area contributed by atoms with Crippen molar-refractivity contribution in [3.63, 3.8) is 0 Å². The van der Waals surface area contributed by atoms with Gasteiger partial charge in [-0.3, -0.25) is 4.79 Å². The number of hydrogen-bond acceptors (Lipinski definition) is 3. The van der Waals surface area contributed by atoms with E-state index in [-0.39, 0.29) is 34.7 Å². The van der Waals surface area contributed by atoms with Gasteiger partial charge in [-0.2, -0.15) is 0 Å². The van der Waals surface area contributed by atoms with E-state index >= 15 is 0 Å². The molecule has 3 aliphatic rings. The smallest absolute Gasteiger partial charge is 0.192 e. The van der Waals surface area contributed by atoms with Gasteiger partial charge in [0, 0.05) is 0 Å². The van der Waals surface area contributed by atoms with E-state index in [4.69, 9.17) is 4.43 Å². The molecule has 0 spiro atoms. The molecule has 3 nitrogen and oxygen atoms in total. The second-order valence-corrected chi connectivity index (χ2v) is 16.3. The van der Waals surface area contributed by atoms with Gasteiger partial charge in [0.1, 0.15) is 5.60 Å². The molecule has 5 atom stereocenters. The van der Waals surface area contributed by atoms with Crippen LogP contribution in [0, 0.1) is 17.8 Å². The molecule has 0 saturated heterocycles. The highest BCUT2D eigenvalue weighted by Gasteiger charge is 2.54. The Morgan fingerprint density at radius 1 is 1.27 bits per heavy atom. The Bertz CT molecular complexity index is 736. The Morgan fingerprint density at radius 2 is 1.87 bits per heavy atom. The van der Waals surface area contributed by atoms with E-state index in [0.717, 1.165) is 36.8 Å². The van der Waals surface area contributed by atoms with Gasteiger partial charge in [-0.1, -0.05) is 50.6 Å². The van der Waals surface area contributed by atoms with E-state index in [2.05, 4.69) is 66.4 Å². The molecule has 1 N–H and O–H groups in total. The number of aliphatic hydroxyl groups is 1. The van der Waals surface area contributed by atoms with Crippen LogP contribution >= 0.6 is 0 Å². The lowest BCUT2D eigenvalue weighted by Crippen LogP contribution is -2.58.